The van der Waals surface area contributed by atoms with Crippen LogP contribution >= 0.6 is 0 Å². The van der Waals surface area contributed by atoms with Crippen LogP contribution in [0.1, 0.15) is 0 Å². The summed E-state index contributed by atoms with van der Waals surface area (Å²) in [6, 6.07) is -2.33. The van der Waals surface area contributed by atoms with Gasteiger partial charge in [-0.1, -0.05) is 0 Å². The molecule has 1 heterocycles. The molecule has 5 atom stereocenters. The third kappa shape index (κ3) is 7.57. The van der Waals surface area contributed by atoms with Gasteiger partial charge in [0.15, 0.2) is 6.29 Å². The summed E-state index contributed by atoms with van der Waals surface area (Å²) in [5.74, 6) is 0. The van der Waals surface area contributed by atoms with Crippen LogP contribution in [0.2, 0.25) is 0 Å². The molecule has 0 radical (unpaired) electrons. The molecule has 23 heavy (non-hydrogen) atoms. The molecule has 0 aromatic heterocycles. The Labute approximate surface area is 129 Å². The Bertz CT molecular complexity index is 492. The third-order valence-electron chi connectivity index (χ3n) is 2.61. The molecule has 7 N–H and O–H groups in total. The lowest BCUT2D eigenvalue weighted by Crippen LogP contribution is -2.64. The van der Waals surface area contributed by atoms with E-state index < -0.39 is 53.7 Å². The minimum Gasteiger partial charge on any atom is -0.394 e. The number of aliphatic hydroxyl groups excluding tert-OH is 4. The van der Waals surface area contributed by atoms with E-state index in [1.165, 1.54) is 0 Å². The van der Waals surface area contributed by atoms with Crippen LogP contribution in [-0.2, 0) is 15.1 Å². The SMILES string of the molecule is CN(N=O)C(=O)N[C@@H]1[C@@H](O)[C@H](O)[C@@H](CO)O[C@@H]1O.O=S(=O)(O)O. The number of aliphatic hydroxyl groups is 4. The fourth-order valence-electron chi connectivity index (χ4n) is 1.53. The normalized spacial score (nSPS) is 30.7. The highest BCUT2D eigenvalue weighted by Crippen LogP contribution is 2.19. The number of hydrogen-bond donors (Lipinski definition) is 7. The Morgan fingerprint density at radius 3 is 2.13 bits per heavy atom. The molecule has 1 fully saturated rings. The summed E-state index contributed by atoms with van der Waals surface area (Å²) in [4.78, 5) is 21.4. The molecule has 1 rings (SSSR count). The Kier molecular flexibility index (Phi) is 8.42. The minimum atomic E-state index is -4.67. The van der Waals surface area contributed by atoms with Gasteiger partial charge in [0.05, 0.1) is 11.9 Å². The number of carbonyl (C=O) groups is 1. The van der Waals surface area contributed by atoms with Crippen LogP contribution in [0.25, 0.3) is 0 Å². The largest absolute Gasteiger partial charge is 0.394 e. The second-order valence-corrected chi connectivity index (χ2v) is 5.15. The van der Waals surface area contributed by atoms with Gasteiger partial charge < -0.3 is 30.5 Å². The minimum absolute atomic E-state index is 0.407. The van der Waals surface area contributed by atoms with Crippen molar-refractivity contribution in [1.82, 2.24) is 10.3 Å². The molecule has 0 aromatic rings. The second-order valence-electron chi connectivity index (χ2n) is 4.26. The number of nitroso groups, excluding NO2 is 1. The zero-order chi connectivity index (χ0) is 18.4. The van der Waals surface area contributed by atoms with E-state index in [1.54, 1.807) is 0 Å². The first-order chi connectivity index (χ1) is 10.4. The highest BCUT2D eigenvalue weighted by molar-refractivity contribution is 7.79. The first-order valence-electron chi connectivity index (χ1n) is 5.80. The molecule has 1 saturated heterocycles. The zero-order valence-electron chi connectivity index (χ0n) is 11.6. The predicted molar refractivity (Wildman–Crippen MR) is 70.0 cm³/mol. The van der Waals surface area contributed by atoms with Crippen molar-refractivity contribution in [2.24, 2.45) is 5.29 Å². The van der Waals surface area contributed by atoms with Crippen LogP contribution in [0.4, 0.5) is 4.79 Å². The van der Waals surface area contributed by atoms with Crippen molar-refractivity contribution in [3.8, 4) is 0 Å². The van der Waals surface area contributed by atoms with Gasteiger partial charge in [-0.2, -0.15) is 13.4 Å². The first kappa shape index (κ1) is 21.5. The molecular formula is C8H17N3O11S. The Balaban J connectivity index is 0.000000841. The van der Waals surface area contributed by atoms with Crippen molar-refractivity contribution >= 4 is 16.4 Å². The van der Waals surface area contributed by atoms with Gasteiger partial charge in [0.25, 0.3) is 0 Å². The molecule has 2 amide bonds. The fraction of sp³-hybridized carbons (Fsp3) is 0.875. The number of nitrogens with zero attached hydrogens (tertiary/aromatic N) is 2. The van der Waals surface area contributed by atoms with Gasteiger partial charge in [0.2, 0.25) is 0 Å². The van der Waals surface area contributed by atoms with Crippen molar-refractivity contribution in [1.29, 1.82) is 0 Å². The van der Waals surface area contributed by atoms with E-state index in [-0.39, 0.29) is 0 Å². The van der Waals surface area contributed by atoms with E-state index in [2.05, 4.69) is 10.6 Å². The summed E-state index contributed by atoms with van der Waals surface area (Å²) in [6.07, 6.45) is -5.84. The van der Waals surface area contributed by atoms with Gasteiger partial charge in [-0.05, 0) is 0 Å². The summed E-state index contributed by atoms with van der Waals surface area (Å²) in [5, 5.41) is 42.4. The molecule has 1 aliphatic rings. The highest BCUT2D eigenvalue weighted by Gasteiger charge is 2.44. The summed E-state index contributed by atoms with van der Waals surface area (Å²) >= 11 is 0. The quantitative estimate of drug-likeness (QED) is 0.147. The van der Waals surface area contributed by atoms with Gasteiger partial charge in [-0.25, -0.2) is 4.79 Å². The third-order valence-corrected chi connectivity index (χ3v) is 2.61. The topological polar surface area (TPSA) is 227 Å². The number of hydrogen-bond acceptors (Lipinski definition) is 10. The molecule has 0 bridgehead atoms. The average Bonchev–Trinajstić information content (AvgIpc) is 2.44. The number of rotatable bonds is 3. The molecule has 14 nitrogen and oxygen atoms in total. The van der Waals surface area contributed by atoms with Crippen molar-refractivity contribution < 1.29 is 47.5 Å². The zero-order valence-corrected chi connectivity index (χ0v) is 12.4. The number of carbonyl (C=O) groups excluding carboxylic acids is 1. The maximum Gasteiger partial charge on any atom is 0.394 e. The lowest BCUT2D eigenvalue weighted by molar-refractivity contribution is -0.252. The van der Waals surface area contributed by atoms with E-state index in [4.69, 9.17) is 27.4 Å². The summed E-state index contributed by atoms with van der Waals surface area (Å²) in [7, 11) is -3.60. The smallest absolute Gasteiger partial charge is 0.394 e. The average molecular weight is 363 g/mol. The van der Waals surface area contributed by atoms with Crippen molar-refractivity contribution in [2.75, 3.05) is 13.7 Å². The maximum atomic E-state index is 11.3. The Hall–Kier alpha value is -1.46. The molecule has 0 aliphatic carbocycles. The van der Waals surface area contributed by atoms with Crippen LogP contribution in [0, 0.1) is 4.91 Å². The monoisotopic (exact) mass is 363 g/mol. The number of nitrogens with one attached hydrogen (secondary N) is 1. The number of urea groups is 1. The van der Waals surface area contributed by atoms with Gasteiger partial charge in [0.1, 0.15) is 24.4 Å². The lowest BCUT2D eigenvalue weighted by Gasteiger charge is -2.40. The highest BCUT2D eigenvalue weighted by atomic mass is 32.3. The van der Waals surface area contributed by atoms with Gasteiger partial charge in [-0.15, -0.1) is 4.91 Å². The standard InChI is InChI=1S/C8H15N3O7.H2O4S/c1-11(10-17)8(16)9-4-6(14)5(13)3(2-12)18-7(4)15;1-5(2,3)4/h3-7,12-15H,2H2,1H3,(H,9,16);(H2,1,2,3,4)/t3-,4-,5-,6-,7+;/m1./s1. The van der Waals surface area contributed by atoms with E-state index in [0.717, 1.165) is 7.05 Å². The molecular weight excluding hydrogens is 346 g/mol. The summed E-state index contributed by atoms with van der Waals surface area (Å²) < 4.78 is 36.4. The van der Waals surface area contributed by atoms with E-state index in [9.17, 15) is 25.0 Å². The molecule has 15 heteroatoms. The molecule has 0 spiro atoms. The predicted octanol–water partition coefficient (Wildman–Crippen LogP) is -3.54. The first-order valence-corrected chi connectivity index (χ1v) is 7.20. The summed E-state index contributed by atoms with van der Waals surface area (Å²) in [6.45, 7) is -0.605. The number of amides is 2. The van der Waals surface area contributed by atoms with Crippen molar-refractivity contribution in [3.63, 3.8) is 0 Å². The van der Waals surface area contributed by atoms with Crippen LogP contribution in [0.5, 0.6) is 0 Å². The van der Waals surface area contributed by atoms with Gasteiger partial charge in [0, 0.05) is 7.05 Å². The fourth-order valence-corrected chi connectivity index (χ4v) is 1.53. The molecule has 136 valence electrons. The number of ether oxygens (including phenoxy) is 1. The van der Waals surface area contributed by atoms with Crippen molar-refractivity contribution in [2.45, 2.75) is 30.6 Å². The molecule has 1 aliphatic heterocycles. The van der Waals surface area contributed by atoms with Crippen molar-refractivity contribution in [3.05, 3.63) is 4.91 Å². The van der Waals surface area contributed by atoms with Gasteiger partial charge >= 0.3 is 16.4 Å². The van der Waals surface area contributed by atoms with Gasteiger partial charge in [-0.3, -0.25) is 9.11 Å². The Morgan fingerprint density at radius 2 is 1.74 bits per heavy atom. The summed E-state index contributed by atoms with van der Waals surface area (Å²) in [5.41, 5.74) is 0. The lowest BCUT2D eigenvalue weighted by atomic mass is 9.97. The van der Waals surface area contributed by atoms with E-state index in [1.807, 2.05) is 0 Å². The Morgan fingerprint density at radius 1 is 1.26 bits per heavy atom. The molecule has 0 aromatic carbocycles. The second kappa shape index (κ2) is 8.99. The van der Waals surface area contributed by atoms with Crippen LogP contribution in [0.15, 0.2) is 5.29 Å². The van der Waals surface area contributed by atoms with E-state index >= 15 is 0 Å². The van der Waals surface area contributed by atoms with Crippen LogP contribution < -0.4 is 5.32 Å². The molecule has 0 unspecified atom stereocenters. The maximum absolute atomic E-state index is 11.3. The van der Waals surface area contributed by atoms with Crippen LogP contribution in [-0.4, -0.2) is 93.3 Å². The van der Waals surface area contributed by atoms with Crippen LogP contribution in [0.3, 0.4) is 0 Å². The molecule has 0 saturated carbocycles. The van der Waals surface area contributed by atoms with E-state index in [0.29, 0.717) is 5.01 Å².